The highest BCUT2D eigenvalue weighted by atomic mass is 35.5. The number of carbonyl (C=O) groups is 1. The van der Waals surface area contributed by atoms with Gasteiger partial charge in [0, 0.05) is 11.6 Å². The van der Waals surface area contributed by atoms with Crippen LogP contribution in [0.2, 0.25) is 5.02 Å². The molecule has 2 rings (SSSR count). The van der Waals surface area contributed by atoms with Gasteiger partial charge in [0.2, 0.25) is 5.91 Å². The van der Waals surface area contributed by atoms with Crippen molar-refractivity contribution in [2.24, 2.45) is 0 Å². The Bertz CT molecular complexity index is 484. The zero-order chi connectivity index (χ0) is 13.0. The molecule has 1 unspecified atom stereocenters. The molecule has 0 spiro atoms. The first kappa shape index (κ1) is 12.9. The first-order valence-electron chi connectivity index (χ1n) is 5.73. The van der Waals surface area contributed by atoms with Crippen LogP contribution in [0.1, 0.15) is 5.56 Å². The largest absolute Gasteiger partial charge is 0.360 e. The zero-order valence-electron chi connectivity index (χ0n) is 9.80. The number of hydrogen-bond donors (Lipinski definition) is 0. The van der Waals surface area contributed by atoms with Gasteiger partial charge in [-0.15, -0.1) is 0 Å². The minimum Gasteiger partial charge on any atom is -0.360 e. The van der Waals surface area contributed by atoms with Crippen LogP contribution in [0.15, 0.2) is 24.3 Å². The van der Waals surface area contributed by atoms with E-state index in [1.54, 1.807) is 11.0 Å². The van der Waals surface area contributed by atoms with E-state index < -0.39 is 6.10 Å². The maximum atomic E-state index is 12.1. The standard InChI is InChI=1S/C13H13ClN2O2/c14-12-4-2-1-3-10(12)7-13(17)16-5-6-18-11(8-15)9-16/h1-4,11H,5-7,9H2. The van der Waals surface area contributed by atoms with Gasteiger partial charge in [-0.2, -0.15) is 5.26 Å². The van der Waals surface area contributed by atoms with Gasteiger partial charge in [-0.3, -0.25) is 4.79 Å². The van der Waals surface area contributed by atoms with Gasteiger partial charge in [0.15, 0.2) is 6.10 Å². The van der Waals surface area contributed by atoms with E-state index in [1.165, 1.54) is 0 Å². The number of benzene rings is 1. The molecule has 0 bridgehead atoms. The summed E-state index contributed by atoms with van der Waals surface area (Å²) in [6, 6.07) is 9.31. The molecule has 1 saturated heterocycles. The van der Waals surface area contributed by atoms with Gasteiger partial charge in [0.25, 0.3) is 0 Å². The van der Waals surface area contributed by atoms with Crippen molar-refractivity contribution in [3.63, 3.8) is 0 Å². The highest BCUT2D eigenvalue weighted by molar-refractivity contribution is 6.31. The molecule has 1 aromatic rings. The van der Waals surface area contributed by atoms with Crippen molar-refractivity contribution in [2.45, 2.75) is 12.5 Å². The van der Waals surface area contributed by atoms with E-state index in [1.807, 2.05) is 24.3 Å². The topological polar surface area (TPSA) is 53.3 Å². The Morgan fingerprint density at radius 1 is 1.56 bits per heavy atom. The first-order valence-corrected chi connectivity index (χ1v) is 6.11. The van der Waals surface area contributed by atoms with Crippen LogP contribution in [0.3, 0.4) is 0 Å². The molecule has 4 nitrogen and oxygen atoms in total. The van der Waals surface area contributed by atoms with Crippen molar-refractivity contribution >= 4 is 17.5 Å². The van der Waals surface area contributed by atoms with Crippen LogP contribution in [-0.4, -0.2) is 36.6 Å². The predicted octanol–water partition coefficient (Wildman–Crippen LogP) is 1.63. The molecule has 1 fully saturated rings. The van der Waals surface area contributed by atoms with Gasteiger partial charge < -0.3 is 9.64 Å². The summed E-state index contributed by atoms with van der Waals surface area (Å²) in [6.07, 6.45) is -0.258. The van der Waals surface area contributed by atoms with Crippen LogP contribution in [0.5, 0.6) is 0 Å². The number of halogens is 1. The Labute approximate surface area is 111 Å². The van der Waals surface area contributed by atoms with E-state index >= 15 is 0 Å². The fourth-order valence-corrected chi connectivity index (χ4v) is 2.07. The van der Waals surface area contributed by atoms with Crippen LogP contribution < -0.4 is 0 Å². The molecular formula is C13H13ClN2O2. The van der Waals surface area contributed by atoms with Gasteiger partial charge in [-0.1, -0.05) is 29.8 Å². The smallest absolute Gasteiger partial charge is 0.227 e. The van der Waals surface area contributed by atoms with Gasteiger partial charge in [0.05, 0.1) is 25.6 Å². The van der Waals surface area contributed by atoms with Gasteiger partial charge in [-0.25, -0.2) is 0 Å². The molecule has 0 aliphatic carbocycles. The minimum atomic E-state index is -0.519. The predicted molar refractivity (Wildman–Crippen MR) is 67.1 cm³/mol. The Kier molecular flexibility index (Phi) is 4.19. The molecule has 18 heavy (non-hydrogen) atoms. The number of morpholine rings is 1. The molecule has 1 aromatic carbocycles. The maximum absolute atomic E-state index is 12.1. The number of hydrogen-bond acceptors (Lipinski definition) is 3. The summed E-state index contributed by atoms with van der Waals surface area (Å²) in [4.78, 5) is 13.7. The molecule has 94 valence electrons. The van der Waals surface area contributed by atoms with Crippen LogP contribution in [0, 0.1) is 11.3 Å². The van der Waals surface area contributed by atoms with Crippen LogP contribution in [0.25, 0.3) is 0 Å². The quantitative estimate of drug-likeness (QED) is 0.816. The molecule has 5 heteroatoms. The van der Waals surface area contributed by atoms with Crippen molar-refractivity contribution < 1.29 is 9.53 Å². The summed E-state index contributed by atoms with van der Waals surface area (Å²) >= 11 is 6.02. The van der Waals surface area contributed by atoms with Crippen molar-refractivity contribution in [1.82, 2.24) is 4.90 Å². The lowest BCUT2D eigenvalue weighted by atomic mass is 10.1. The van der Waals surface area contributed by atoms with E-state index in [-0.39, 0.29) is 12.3 Å². The van der Waals surface area contributed by atoms with E-state index in [0.717, 1.165) is 5.56 Å². The fourth-order valence-electron chi connectivity index (χ4n) is 1.87. The van der Waals surface area contributed by atoms with E-state index in [4.69, 9.17) is 21.6 Å². The lowest BCUT2D eigenvalue weighted by molar-refractivity contribution is -0.136. The number of ether oxygens (including phenoxy) is 1. The second-order valence-electron chi connectivity index (χ2n) is 4.10. The highest BCUT2D eigenvalue weighted by Gasteiger charge is 2.24. The monoisotopic (exact) mass is 264 g/mol. The van der Waals surface area contributed by atoms with Crippen molar-refractivity contribution in [3.05, 3.63) is 34.9 Å². The molecule has 1 aliphatic rings. The number of amides is 1. The Morgan fingerprint density at radius 3 is 3.06 bits per heavy atom. The van der Waals surface area contributed by atoms with E-state index in [0.29, 0.717) is 24.7 Å². The summed E-state index contributed by atoms with van der Waals surface area (Å²) in [5.41, 5.74) is 0.809. The maximum Gasteiger partial charge on any atom is 0.227 e. The lowest BCUT2D eigenvalue weighted by Crippen LogP contribution is -2.45. The Balaban J connectivity index is 2.00. The third kappa shape index (κ3) is 3.00. The summed E-state index contributed by atoms with van der Waals surface area (Å²) in [5, 5.41) is 9.38. The molecule has 1 heterocycles. The molecule has 0 N–H and O–H groups in total. The Hall–Kier alpha value is -1.57. The zero-order valence-corrected chi connectivity index (χ0v) is 10.6. The number of nitriles is 1. The summed E-state index contributed by atoms with van der Waals surface area (Å²) < 4.78 is 5.20. The van der Waals surface area contributed by atoms with Gasteiger partial charge >= 0.3 is 0 Å². The van der Waals surface area contributed by atoms with Crippen molar-refractivity contribution in [2.75, 3.05) is 19.7 Å². The number of rotatable bonds is 2. The summed E-state index contributed by atoms with van der Waals surface area (Å²) in [7, 11) is 0. The molecule has 1 atom stereocenters. The van der Waals surface area contributed by atoms with Gasteiger partial charge in [-0.05, 0) is 11.6 Å². The molecule has 0 aromatic heterocycles. The fraction of sp³-hybridized carbons (Fsp3) is 0.385. The SMILES string of the molecule is N#CC1CN(C(=O)Cc2ccccc2Cl)CCO1. The highest BCUT2D eigenvalue weighted by Crippen LogP contribution is 2.17. The summed E-state index contributed by atoms with van der Waals surface area (Å²) in [5.74, 6) is -0.0216. The average Bonchev–Trinajstić information content (AvgIpc) is 2.41. The van der Waals surface area contributed by atoms with E-state index in [2.05, 4.69) is 0 Å². The van der Waals surface area contributed by atoms with Crippen molar-refractivity contribution in [1.29, 1.82) is 5.26 Å². The third-order valence-electron chi connectivity index (χ3n) is 2.86. The first-order chi connectivity index (χ1) is 8.70. The normalized spacial score (nSPS) is 19.3. The second-order valence-corrected chi connectivity index (χ2v) is 4.50. The molecule has 1 amide bonds. The molecule has 0 saturated carbocycles. The molecule has 1 aliphatic heterocycles. The molecular weight excluding hydrogens is 252 g/mol. The van der Waals surface area contributed by atoms with Crippen molar-refractivity contribution in [3.8, 4) is 6.07 Å². The molecule has 0 radical (unpaired) electrons. The number of nitrogens with zero attached hydrogens (tertiary/aromatic N) is 2. The van der Waals surface area contributed by atoms with Crippen LogP contribution in [0.4, 0.5) is 0 Å². The summed E-state index contributed by atoms with van der Waals surface area (Å²) in [6.45, 7) is 1.27. The third-order valence-corrected chi connectivity index (χ3v) is 3.23. The van der Waals surface area contributed by atoms with E-state index in [9.17, 15) is 4.79 Å². The van der Waals surface area contributed by atoms with Crippen LogP contribution >= 0.6 is 11.6 Å². The van der Waals surface area contributed by atoms with Gasteiger partial charge in [0.1, 0.15) is 0 Å². The number of carbonyl (C=O) groups excluding carboxylic acids is 1. The Morgan fingerprint density at radius 2 is 2.33 bits per heavy atom. The van der Waals surface area contributed by atoms with Crippen LogP contribution in [-0.2, 0) is 16.0 Å². The average molecular weight is 265 g/mol. The second kappa shape index (κ2) is 5.85. The lowest BCUT2D eigenvalue weighted by Gasteiger charge is -2.29. The minimum absolute atomic E-state index is 0.0216.